The second-order valence-electron chi connectivity index (χ2n) is 5.69. The zero-order valence-electron chi connectivity index (χ0n) is 11.8. The third kappa shape index (κ3) is 5.77. The van der Waals surface area contributed by atoms with Crippen molar-refractivity contribution < 1.29 is 14.7 Å². The summed E-state index contributed by atoms with van der Waals surface area (Å²) in [6, 6.07) is 4.47. The summed E-state index contributed by atoms with van der Waals surface area (Å²) in [5, 5.41) is 14.4. The largest absolute Gasteiger partial charge is 0.478 e. The smallest absolute Gasteiger partial charge is 0.337 e. The van der Waals surface area contributed by atoms with Gasteiger partial charge in [0, 0.05) is 10.1 Å². The van der Waals surface area contributed by atoms with E-state index < -0.39 is 12.0 Å². The van der Waals surface area contributed by atoms with Crippen LogP contribution in [0.1, 0.15) is 37.6 Å². The summed E-state index contributed by atoms with van der Waals surface area (Å²) in [5.41, 5.74) is 0.525. The Hall–Kier alpha value is -1.31. The highest BCUT2D eigenvalue weighted by Gasteiger charge is 2.14. The molecule has 0 heterocycles. The van der Waals surface area contributed by atoms with Gasteiger partial charge in [-0.15, -0.1) is 0 Å². The minimum atomic E-state index is -1.06. The Morgan fingerprint density at radius 3 is 2.50 bits per heavy atom. The highest BCUT2D eigenvalue weighted by Crippen LogP contribution is 2.19. The van der Waals surface area contributed by atoms with Gasteiger partial charge in [-0.3, -0.25) is 0 Å². The number of hydrogen-bond acceptors (Lipinski definition) is 2. The Balaban J connectivity index is 2.64. The number of urea groups is 1. The molecule has 110 valence electrons. The van der Waals surface area contributed by atoms with Crippen LogP contribution in [0.25, 0.3) is 0 Å². The molecular formula is C14H19IN2O3. The number of carboxylic acid groups (broad SMARTS) is 1. The van der Waals surface area contributed by atoms with Crippen molar-refractivity contribution in [3.05, 3.63) is 27.3 Å². The molecule has 0 unspecified atom stereocenters. The molecule has 6 heteroatoms. The highest BCUT2D eigenvalue weighted by atomic mass is 127. The first-order valence-electron chi connectivity index (χ1n) is 6.27. The molecule has 0 saturated carbocycles. The molecule has 0 fully saturated rings. The zero-order chi connectivity index (χ0) is 15.3. The molecule has 0 aliphatic heterocycles. The molecule has 20 heavy (non-hydrogen) atoms. The van der Waals surface area contributed by atoms with E-state index in [1.807, 2.05) is 22.6 Å². The fraction of sp³-hybridized carbons (Fsp3) is 0.429. The van der Waals surface area contributed by atoms with Crippen molar-refractivity contribution in [2.75, 3.05) is 11.9 Å². The van der Waals surface area contributed by atoms with E-state index in [0.717, 1.165) is 9.99 Å². The Morgan fingerprint density at radius 2 is 1.95 bits per heavy atom. The average Bonchev–Trinajstić information content (AvgIpc) is 2.29. The number of amides is 2. The third-order valence-electron chi connectivity index (χ3n) is 2.62. The van der Waals surface area contributed by atoms with Crippen molar-refractivity contribution in [2.24, 2.45) is 5.41 Å². The molecule has 5 nitrogen and oxygen atoms in total. The molecule has 1 rings (SSSR count). The van der Waals surface area contributed by atoms with Crippen molar-refractivity contribution >= 4 is 40.3 Å². The minimum Gasteiger partial charge on any atom is -0.478 e. The normalized spacial score (nSPS) is 11.0. The maximum absolute atomic E-state index is 11.7. The van der Waals surface area contributed by atoms with Crippen LogP contribution in [0.4, 0.5) is 10.5 Å². The van der Waals surface area contributed by atoms with Crippen LogP contribution in [-0.2, 0) is 0 Å². The van der Waals surface area contributed by atoms with Gasteiger partial charge in [0.15, 0.2) is 0 Å². The predicted octanol–water partition coefficient (Wildman–Crippen LogP) is 3.55. The molecule has 0 bridgehead atoms. The molecule has 0 aliphatic rings. The standard InChI is InChI=1S/C14H19IN2O3/c1-14(2,3)6-7-16-13(20)17-11-5-4-9(15)8-10(11)12(18)19/h4-5,8H,6-7H2,1-3H3,(H,18,19)(H2,16,17,20). The van der Waals surface area contributed by atoms with Gasteiger partial charge in [0.25, 0.3) is 0 Å². The van der Waals surface area contributed by atoms with Crippen LogP contribution in [0.3, 0.4) is 0 Å². The molecule has 1 aromatic rings. The van der Waals surface area contributed by atoms with Gasteiger partial charge in [-0.2, -0.15) is 0 Å². The highest BCUT2D eigenvalue weighted by molar-refractivity contribution is 14.1. The van der Waals surface area contributed by atoms with Crippen molar-refractivity contribution in [1.29, 1.82) is 0 Å². The summed E-state index contributed by atoms with van der Waals surface area (Å²) in [6.45, 7) is 6.82. The summed E-state index contributed by atoms with van der Waals surface area (Å²) in [5.74, 6) is -1.06. The first kappa shape index (κ1) is 16.7. The quantitative estimate of drug-likeness (QED) is 0.689. The summed E-state index contributed by atoms with van der Waals surface area (Å²) < 4.78 is 0.804. The predicted molar refractivity (Wildman–Crippen MR) is 87.2 cm³/mol. The van der Waals surface area contributed by atoms with E-state index in [1.165, 1.54) is 6.07 Å². The number of carbonyl (C=O) groups excluding carboxylic acids is 1. The first-order chi connectivity index (χ1) is 9.19. The summed E-state index contributed by atoms with van der Waals surface area (Å²) in [6.07, 6.45) is 0.846. The molecule has 0 aliphatic carbocycles. The van der Waals surface area contributed by atoms with E-state index in [2.05, 4.69) is 31.4 Å². The molecule has 2 amide bonds. The van der Waals surface area contributed by atoms with Gasteiger partial charge in [-0.05, 0) is 52.6 Å². The lowest BCUT2D eigenvalue weighted by Crippen LogP contribution is -2.31. The van der Waals surface area contributed by atoms with Gasteiger partial charge in [0.05, 0.1) is 11.3 Å². The monoisotopic (exact) mass is 390 g/mol. The molecule has 0 aromatic heterocycles. The van der Waals surface area contributed by atoms with Gasteiger partial charge < -0.3 is 15.7 Å². The molecular weight excluding hydrogens is 371 g/mol. The second-order valence-corrected chi connectivity index (χ2v) is 6.93. The summed E-state index contributed by atoms with van der Waals surface area (Å²) in [7, 11) is 0. The number of halogens is 1. The van der Waals surface area contributed by atoms with Crippen molar-refractivity contribution in [3.63, 3.8) is 0 Å². The number of benzene rings is 1. The number of nitrogens with one attached hydrogen (secondary N) is 2. The third-order valence-corrected chi connectivity index (χ3v) is 3.29. The Labute approximate surface area is 132 Å². The lowest BCUT2D eigenvalue weighted by molar-refractivity contribution is 0.0698. The van der Waals surface area contributed by atoms with E-state index in [9.17, 15) is 9.59 Å². The lowest BCUT2D eigenvalue weighted by atomic mass is 9.92. The van der Waals surface area contributed by atoms with E-state index in [4.69, 9.17) is 5.11 Å². The summed E-state index contributed by atoms with van der Waals surface area (Å²) >= 11 is 2.03. The number of hydrogen-bond donors (Lipinski definition) is 3. The molecule has 0 spiro atoms. The maximum Gasteiger partial charge on any atom is 0.337 e. The number of carboxylic acids is 1. The number of aromatic carboxylic acids is 1. The average molecular weight is 390 g/mol. The molecule has 0 atom stereocenters. The molecule has 0 radical (unpaired) electrons. The number of anilines is 1. The van der Waals surface area contributed by atoms with Crippen LogP contribution in [0, 0.1) is 8.99 Å². The minimum absolute atomic E-state index is 0.0860. The van der Waals surface area contributed by atoms with E-state index in [-0.39, 0.29) is 11.0 Å². The van der Waals surface area contributed by atoms with Gasteiger partial charge in [0.2, 0.25) is 0 Å². The second kappa shape index (κ2) is 6.92. The SMILES string of the molecule is CC(C)(C)CCNC(=O)Nc1ccc(I)cc1C(=O)O. The Kier molecular flexibility index (Phi) is 5.79. The maximum atomic E-state index is 11.7. The van der Waals surface area contributed by atoms with Crippen molar-refractivity contribution in [3.8, 4) is 0 Å². The zero-order valence-corrected chi connectivity index (χ0v) is 13.9. The summed E-state index contributed by atoms with van der Waals surface area (Å²) in [4.78, 5) is 22.9. The first-order valence-corrected chi connectivity index (χ1v) is 7.34. The van der Waals surface area contributed by atoms with Crippen LogP contribution in [0.2, 0.25) is 0 Å². The fourth-order valence-electron chi connectivity index (χ4n) is 1.52. The van der Waals surface area contributed by atoms with E-state index >= 15 is 0 Å². The van der Waals surface area contributed by atoms with Crippen LogP contribution >= 0.6 is 22.6 Å². The number of carbonyl (C=O) groups is 2. The van der Waals surface area contributed by atoms with Crippen LogP contribution < -0.4 is 10.6 Å². The van der Waals surface area contributed by atoms with Crippen LogP contribution in [0.5, 0.6) is 0 Å². The Morgan fingerprint density at radius 1 is 1.30 bits per heavy atom. The van der Waals surface area contributed by atoms with Crippen LogP contribution in [0.15, 0.2) is 18.2 Å². The topological polar surface area (TPSA) is 78.4 Å². The molecule has 1 aromatic carbocycles. The van der Waals surface area contributed by atoms with E-state index in [0.29, 0.717) is 12.2 Å². The van der Waals surface area contributed by atoms with Gasteiger partial charge in [0.1, 0.15) is 0 Å². The lowest BCUT2D eigenvalue weighted by Gasteiger charge is -2.18. The number of rotatable bonds is 4. The fourth-order valence-corrected chi connectivity index (χ4v) is 2.01. The van der Waals surface area contributed by atoms with Crippen molar-refractivity contribution in [1.82, 2.24) is 5.32 Å². The van der Waals surface area contributed by atoms with E-state index in [1.54, 1.807) is 12.1 Å². The van der Waals surface area contributed by atoms with Gasteiger partial charge >= 0.3 is 12.0 Å². The van der Waals surface area contributed by atoms with Crippen molar-refractivity contribution in [2.45, 2.75) is 27.2 Å². The molecule has 3 N–H and O–H groups in total. The van der Waals surface area contributed by atoms with Crippen LogP contribution in [-0.4, -0.2) is 23.7 Å². The van der Waals surface area contributed by atoms with Gasteiger partial charge in [-0.1, -0.05) is 20.8 Å². The molecule has 0 saturated heterocycles. The Bertz CT molecular complexity index is 510. The van der Waals surface area contributed by atoms with Gasteiger partial charge in [-0.25, -0.2) is 9.59 Å².